The van der Waals surface area contributed by atoms with Crippen LogP contribution in [0.3, 0.4) is 0 Å². The van der Waals surface area contributed by atoms with Crippen molar-refractivity contribution < 1.29 is 0 Å². The maximum Gasteiger partial charge on any atom is 0.259 e. The van der Waals surface area contributed by atoms with Crippen LogP contribution in [0.1, 0.15) is 22.7 Å². The molecule has 0 amide bonds. The van der Waals surface area contributed by atoms with Gasteiger partial charge in [0, 0.05) is 18.0 Å². The molecule has 6 heteroatoms. The highest BCUT2D eigenvalue weighted by Crippen LogP contribution is 2.34. The van der Waals surface area contributed by atoms with Gasteiger partial charge in [0.2, 0.25) is 0 Å². The lowest BCUT2D eigenvalue weighted by atomic mass is 10.2. The molecule has 0 atom stereocenters. The lowest BCUT2D eigenvalue weighted by molar-refractivity contribution is 0.399. The zero-order chi connectivity index (χ0) is 14.1. The van der Waals surface area contributed by atoms with Crippen LogP contribution in [0.25, 0.3) is 10.2 Å². The summed E-state index contributed by atoms with van der Waals surface area (Å²) < 4.78 is 0. The zero-order valence-corrected chi connectivity index (χ0v) is 12.8. The van der Waals surface area contributed by atoms with Gasteiger partial charge in [0.25, 0.3) is 5.56 Å². The average Bonchev–Trinajstić information content (AvgIpc) is 2.94. The van der Waals surface area contributed by atoms with Crippen LogP contribution in [0, 0.1) is 0 Å². The monoisotopic (exact) mass is 292 g/mol. The summed E-state index contributed by atoms with van der Waals surface area (Å²) in [6.45, 7) is 2.47. The van der Waals surface area contributed by atoms with E-state index in [1.54, 1.807) is 11.3 Å². The third kappa shape index (κ3) is 2.63. The lowest BCUT2D eigenvalue weighted by Gasteiger charge is -2.09. The van der Waals surface area contributed by atoms with Gasteiger partial charge in [-0.2, -0.15) is 0 Å². The number of thiophene rings is 1. The van der Waals surface area contributed by atoms with Crippen molar-refractivity contribution in [2.24, 2.45) is 0 Å². The Bertz CT molecular complexity index is 674. The molecular formula is C14H20N4OS. The van der Waals surface area contributed by atoms with Crippen molar-refractivity contribution in [1.82, 2.24) is 20.2 Å². The number of aryl methyl sites for hydroxylation is 2. The SMILES string of the molecule is CN(C)CCNCc1nc2sc3c(c2c(=O)[nH]1)CCC3. The largest absolute Gasteiger partial charge is 0.309 e. The first-order valence-electron chi connectivity index (χ1n) is 7.04. The van der Waals surface area contributed by atoms with Gasteiger partial charge in [-0.15, -0.1) is 11.3 Å². The molecule has 1 aliphatic rings. The Morgan fingerprint density at radius 3 is 3.05 bits per heavy atom. The second-order valence-corrected chi connectivity index (χ2v) is 6.61. The predicted octanol–water partition coefficient (Wildman–Crippen LogP) is 1.12. The molecular weight excluding hydrogens is 272 g/mol. The summed E-state index contributed by atoms with van der Waals surface area (Å²) in [7, 11) is 4.09. The van der Waals surface area contributed by atoms with E-state index in [1.165, 1.54) is 16.9 Å². The van der Waals surface area contributed by atoms with Gasteiger partial charge < -0.3 is 15.2 Å². The molecule has 1 aliphatic carbocycles. The van der Waals surface area contributed by atoms with Crippen LogP contribution < -0.4 is 10.9 Å². The quantitative estimate of drug-likeness (QED) is 0.811. The second-order valence-electron chi connectivity index (χ2n) is 5.53. The molecule has 0 spiro atoms. The average molecular weight is 292 g/mol. The normalized spacial score (nSPS) is 14.3. The Labute approximate surface area is 122 Å². The molecule has 0 radical (unpaired) electrons. The van der Waals surface area contributed by atoms with E-state index < -0.39 is 0 Å². The number of hydrogen-bond acceptors (Lipinski definition) is 5. The standard InChI is InChI=1S/C14H20N4OS/c1-18(2)7-6-15-8-11-16-13(19)12-9-4-3-5-10(9)20-14(12)17-11/h15H,3-8H2,1-2H3,(H,16,17,19). The van der Waals surface area contributed by atoms with Gasteiger partial charge in [0.15, 0.2) is 0 Å². The van der Waals surface area contributed by atoms with E-state index in [0.29, 0.717) is 6.54 Å². The first-order chi connectivity index (χ1) is 9.65. The van der Waals surface area contributed by atoms with Crippen molar-refractivity contribution in [2.75, 3.05) is 27.2 Å². The molecule has 108 valence electrons. The molecule has 0 aromatic carbocycles. The molecule has 2 heterocycles. The molecule has 0 saturated carbocycles. The Balaban J connectivity index is 1.79. The number of H-pyrrole nitrogens is 1. The molecule has 0 aliphatic heterocycles. The highest BCUT2D eigenvalue weighted by Gasteiger charge is 2.20. The molecule has 3 rings (SSSR count). The number of rotatable bonds is 5. The van der Waals surface area contributed by atoms with E-state index in [-0.39, 0.29) is 5.56 Å². The summed E-state index contributed by atoms with van der Waals surface area (Å²) in [5.41, 5.74) is 1.27. The summed E-state index contributed by atoms with van der Waals surface area (Å²) in [5.74, 6) is 0.737. The van der Waals surface area contributed by atoms with Crippen LogP contribution in [0.4, 0.5) is 0 Å². The number of aromatic nitrogens is 2. The van der Waals surface area contributed by atoms with Gasteiger partial charge >= 0.3 is 0 Å². The summed E-state index contributed by atoms with van der Waals surface area (Å²) >= 11 is 1.69. The Morgan fingerprint density at radius 1 is 1.40 bits per heavy atom. The van der Waals surface area contributed by atoms with Crippen molar-refractivity contribution in [3.05, 3.63) is 26.6 Å². The van der Waals surface area contributed by atoms with E-state index >= 15 is 0 Å². The van der Waals surface area contributed by atoms with Crippen molar-refractivity contribution in [2.45, 2.75) is 25.8 Å². The van der Waals surface area contributed by atoms with Gasteiger partial charge in [-0.1, -0.05) is 0 Å². The number of likely N-dealkylation sites (N-methyl/N-ethyl adjacent to an activating group) is 1. The summed E-state index contributed by atoms with van der Waals surface area (Å²) in [6.07, 6.45) is 3.30. The minimum atomic E-state index is 0.0267. The topological polar surface area (TPSA) is 61.0 Å². The maximum atomic E-state index is 12.2. The molecule has 2 aromatic heterocycles. The number of nitrogens with zero attached hydrogens (tertiary/aromatic N) is 2. The minimum absolute atomic E-state index is 0.0267. The lowest BCUT2D eigenvalue weighted by Crippen LogP contribution is -2.27. The Morgan fingerprint density at radius 2 is 2.25 bits per heavy atom. The highest BCUT2D eigenvalue weighted by atomic mass is 32.1. The van der Waals surface area contributed by atoms with Crippen molar-refractivity contribution >= 4 is 21.6 Å². The van der Waals surface area contributed by atoms with Gasteiger partial charge in [-0.25, -0.2) is 4.98 Å². The van der Waals surface area contributed by atoms with Crippen LogP contribution in [-0.4, -0.2) is 42.1 Å². The number of aromatic amines is 1. The fraction of sp³-hybridized carbons (Fsp3) is 0.571. The first-order valence-corrected chi connectivity index (χ1v) is 7.85. The van der Waals surface area contributed by atoms with Gasteiger partial charge in [-0.05, 0) is 38.9 Å². The third-order valence-electron chi connectivity index (χ3n) is 3.65. The zero-order valence-electron chi connectivity index (χ0n) is 12.0. The molecule has 2 N–H and O–H groups in total. The van der Waals surface area contributed by atoms with Crippen LogP contribution in [-0.2, 0) is 19.4 Å². The third-order valence-corrected chi connectivity index (χ3v) is 4.84. The molecule has 5 nitrogen and oxygen atoms in total. The summed E-state index contributed by atoms with van der Waals surface area (Å²) in [4.78, 5) is 24.1. The number of hydrogen-bond donors (Lipinski definition) is 2. The van der Waals surface area contributed by atoms with E-state index in [2.05, 4.69) is 20.2 Å². The summed E-state index contributed by atoms with van der Waals surface area (Å²) in [5, 5.41) is 4.14. The van der Waals surface area contributed by atoms with Gasteiger partial charge in [-0.3, -0.25) is 4.79 Å². The van der Waals surface area contributed by atoms with Crippen LogP contribution in [0.15, 0.2) is 4.79 Å². The van der Waals surface area contributed by atoms with E-state index in [9.17, 15) is 4.79 Å². The molecule has 0 fully saturated rings. The fourth-order valence-corrected chi connectivity index (χ4v) is 3.92. The second kappa shape index (κ2) is 5.63. The number of nitrogens with one attached hydrogen (secondary N) is 2. The minimum Gasteiger partial charge on any atom is -0.309 e. The van der Waals surface area contributed by atoms with E-state index in [0.717, 1.165) is 42.0 Å². The predicted molar refractivity (Wildman–Crippen MR) is 82.5 cm³/mol. The van der Waals surface area contributed by atoms with Crippen LogP contribution in [0.5, 0.6) is 0 Å². The first kappa shape index (κ1) is 13.7. The van der Waals surface area contributed by atoms with Crippen LogP contribution in [0.2, 0.25) is 0 Å². The molecule has 0 unspecified atom stereocenters. The smallest absolute Gasteiger partial charge is 0.259 e. The van der Waals surface area contributed by atoms with Crippen molar-refractivity contribution in [3.8, 4) is 0 Å². The summed E-state index contributed by atoms with van der Waals surface area (Å²) in [6, 6.07) is 0. The van der Waals surface area contributed by atoms with Crippen LogP contribution >= 0.6 is 11.3 Å². The fourth-order valence-electron chi connectivity index (χ4n) is 2.64. The Hall–Kier alpha value is -1.24. The van der Waals surface area contributed by atoms with Crippen molar-refractivity contribution in [3.63, 3.8) is 0 Å². The molecule has 0 bridgehead atoms. The van der Waals surface area contributed by atoms with E-state index in [1.807, 2.05) is 14.1 Å². The molecule has 2 aromatic rings. The molecule has 0 saturated heterocycles. The van der Waals surface area contributed by atoms with E-state index in [4.69, 9.17) is 0 Å². The van der Waals surface area contributed by atoms with Gasteiger partial charge in [0.05, 0.1) is 11.9 Å². The maximum absolute atomic E-state index is 12.2. The van der Waals surface area contributed by atoms with Gasteiger partial charge in [0.1, 0.15) is 10.7 Å². The number of fused-ring (bicyclic) bond motifs is 3. The Kier molecular flexibility index (Phi) is 3.87. The highest BCUT2D eigenvalue weighted by molar-refractivity contribution is 7.18. The van der Waals surface area contributed by atoms with Crippen molar-refractivity contribution in [1.29, 1.82) is 0 Å². The molecule has 20 heavy (non-hydrogen) atoms.